The van der Waals surface area contributed by atoms with Crippen LogP contribution in [0.25, 0.3) is 0 Å². The molecule has 2 nitrogen and oxygen atoms in total. The lowest BCUT2D eigenvalue weighted by Crippen LogP contribution is -2.30. The Balaban J connectivity index is 1.11. The normalized spacial score (nSPS) is 38.9. The SMILES string of the molecule is FC(F)=CC1CCC(C2CCC(C3CCC(CCC4OCCCO4)CC3)CC2)CC1. The highest BCUT2D eigenvalue weighted by molar-refractivity contribution is 4.92. The Morgan fingerprint density at radius 3 is 1.60 bits per heavy atom. The van der Waals surface area contributed by atoms with Crippen LogP contribution in [0.5, 0.6) is 0 Å². The van der Waals surface area contributed by atoms with E-state index in [2.05, 4.69) is 0 Å². The number of hydrogen-bond donors (Lipinski definition) is 0. The molecular weight excluding hydrogens is 382 g/mol. The fourth-order valence-electron chi connectivity index (χ4n) is 7.07. The van der Waals surface area contributed by atoms with E-state index in [1.165, 1.54) is 76.7 Å². The number of hydrogen-bond acceptors (Lipinski definition) is 2. The van der Waals surface area contributed by atoms with Gasteiger partial charge in [0.05, 0.1) is 13.2 Å². The van der Waals surface area contributed by atoms with E-state index in [1.807, 2.05) is 0 Å². The summed E-state index contributed by atoms with van der Waals surface area (Å²) in [5.74, 6) is 4.59. The van der Waals surface area contributed by atoms with Gasteiger partial charge in [0.25, 0.3) is 6.08 Å². The van der Waals surface area contributed by atoms with Gasteiger partial charge in [0.15, 0.2) is 6.29 Å². The molecule has 4 fully saturated rings. The minimum atomic E-state index is -1.48. The van der Waals surface area contributed by atoms with E-state index >= 15 is 0 Å². The molecule has 0 N–H and O–H groups in total. The van der Waals surface area contributed by atoms with Gasteiger partial charge in [-0.1, -0.05) is 12.8 Å². The molecule has 0 radical (unpaired) electrons. The second kappa shape index (κ2) is 11.4. The summed E-state index contributed by atoms with van der Waals surface area (Å²) >= 11 is 0. The number of allylic oxidation sites excluding steroid dienone is 1. The van der Waals surface area contributed by atoms with Gasteiger partial charge < -0.3 is 9.47 Å². The predicted molar refractivity (Wildman–Crippen MR) is 116 cm³/mol. The van der Waals surface area contributed by atoms with Crippen LogP contribution in [0.2, 0.25) is 0 Å². The van der Waals surface area contributed by atoms with Crippen LogP contribution < -0.4 is 0 Å². The third-order valence-corrected chi connectivity index (χ3v) is 8.93. The first-order valence-electron chi connectivity index (χ1n) is 12.9. The molecule has 4 aliphatic rings. The quantitative estimate of drug-likeness (QED) is 0.434. The van der Waals surface area contributed by atoms with Gasteiger partial charge >= 0.3 is 0 Å². The summed E-state index contributed by atoms with van der Waals surface area (Å²) in [7, 11) is 0. The maximum atomic E-state index is 12.5. The molecule has 4 heteroatoms. The molecule has 0 amide bonds. The maximum Gasteiger partial charge on any atom is 0.266 e. The molecule has 1 heterocycles. The zero-order valence-electron chi connectivity index (χ0n) is 18.7. The summed E-state index contributed by atoms with van der Waals surface area (Å²) < 4.78 is 36.4. The Morgan fingerprint density at radius 1 is 0.633 bits per heavy atom. The highest BCUT2D eigenvalue weighted by Crippen LogP contribution is 2.46. The molecular formula is C26H42F2O2. The second-order valence-corrected chi connectivity index (χ2v) is 10.7. The van der Waals surface area contributed by atoms with Crippen molar-refractivity contribution in [2.45, 2.75) is 103 Å². The first-order valence-corrected chi connectivity index (χ1v) is 12.9. The smallest absolute Gasteiger partial charge is 0.266 e. The molecule has 0 unspecified atom stereocenters. The largest absolute Gasteiger partial charge is 0.353 e. The molecule has 3 saturated carbocycles. The third-order valence-electron chi connectivity index (χ3n) is 8.93. The lowest BCUT2D eigenvalue weighted by atomic mass is 9.65. The van der Waals surface area contributed by atoms with E-state index in [4.69, 9.17) is 9.47 Å². The molecule has 0 bridgehead atoms. The van der Waals surface area contributed by atoms with Crippen molar-refractivity contribution >= 4 is 0 Å². The van der Waals surface area contributed by atoms with Gasteiger partial charge in [-0.15, -0.1) is 0 Å². The minimum Gasteiger partial charge on any atom is -0.353 e. The van der Waals surface area contributed by atoms with Crippen LogP contribution in [0.3, 0.4) is 0 Å². The van der Waals surface area contributed by atoms with Crippen LogP contribution in [-0.4, -0.2) is 19.5 Å². The van der Waals surface area contributed by atoms with Crippen molar-refractivity contribution in [2.24, 2.45) is 35.5 Å². The van der Waals surface area contributed by atoms with Crippen molar-refractivity contribution in [1.29, 1.82) is 0 Å². The summed E-state index contributed by atoms with van der Waals surface area (Å²) in [4.78, 5) is 0. The highest BCUT2D eigenvalue weighted by Gasteiger charge is 2.34. The molecule has 0 aromatic heterocycles. The Labute approximate surface area is 182 Å². The summed E-state index contributed by atoms with van der Waals surface area (Å²) in [6.45, 7) is 1.74. The van der Waals surface area contributed by atoms with Gasteiger partial charge in [-0.05, 0) is 125 Å². The topological polar surface area (TPSA) is 18.5 Å². The molecule has 4 rings (SSSR count). The van der Waals surface area contributed by atoms with Gasteiger partial charge in [-0.25, -0.2) is 0 Å². The summed E-state index contributed by atoms with van der Waals surface area (Å²) in [5, 5.41) is 0. The average Bonchev–Trinajstić information content (AvgIpc) is 2.79. The van der Waals surface area contributed by atoms with Crippen molar-refractivity contribution in [3.05, 3.63) is 12.2 Å². The average molecular weight is 425 g/mol. The van der Waals surface area contributed by atoms with E-state index in [1.54, 1.807) is 0 Å². The van der Waals surface area contributed by atoms with Crippen LogP contribution in [0.4, 0.5) is 8.78 Å². The van der Waals surface area contributed by atoms with Gasteiger partial charge in [0, 0.05) is 0 Å². The van der Waals surface area contributed by atoms with Gasteiger partial charge in [-0.2, -0.15) is 8.78 Å². The zero-order chi connectivity index (χ0) is 20.8. The van der Waals surface area contributed by atoms with E-state index in [9.17, 15) is 8.78 Å². The molecule has 0 atom stereocenters. The van der Waals surface area contributed by atoms with Gasteiger partial charge in [-0.3, -0.25) is 0 Å². The lowest BCUT2D eigenvalue weighted by Gasteiger charge is -2.41. The van der Waals surface area contributed by atoms with E-state index in [-0.39, 0.29) is 12.2 Å². The number of rotatable bonds is 6. The monoisotopic (exact) mass is 424 g/mol. The standard InChI is InChI=1S/C26H42F2O2/c27-25(28)18-20-4-9-22(10-5-20)24-13-11-23(12-14-24)21-7-2-19(3-8-21)6-15-26-29-16-1-17-30-26/h18-24,26H,1-17H2. The molecule has 30 heavy (non-hydrogen) atoms. The molecule has 3 aliphatic carbocycles. The summed E-state index contributed by atoms with van der Waals surface area (Å²) in [6.07, 6.45) is 18.8. The maximum absolute atomic E-state index is 12.5. The van der Waals surface area contributed by atoms with Gasteiger partial charge in [0.1, 0.15) is 0 Å². The molecule has 0 aromatic carbocycles. The predicted octanol–water partition coefficient (Wildman–Crippen LogP) is 7.73. The second-order valence-electron chi connectivity index (χ2n) is 10.7. The number of halogens is 2. The molecule has 0 aromatic rings. The lowest BCUT2D eigenvalue weighted by molar-refractivity contribution is -0.183. The zero-order valence-corrected chi connectivity index (χ0v) is 18.7. The first-order chi connectivity index (χ1) is 14.7. The van der Waals surface area contributed by atoms with E-state index in [0.29, 0.717) is 0 Å². The Morgan fingerprint density at radius 2 is 1.10 bits per heavy atom. The van der Waals surface area contributed by atoms with Crippen molar-refractivity contribution in [3.63, 3.8) is 0 Å². The first kappa shape index (κ1) is 22.7. The van der Waals surface area contributed by atoms with Crippen molar-refractivity contribution in [3.8, 4) is 0 Å². The van der Waals surface area contributed by atoms with Crippen molar-refractivity contribution in [2.75, 3.05) is 13.2 Å². The molecule has 1 saturated heterocycles. The van der Waals surface area contributed by atoms with Crippen molar-refractivity contribution < 1.29 is 18.3 Å². The van der Waals surface area contributed by atoms with E-state index < -0.39 is 6.08 Å². The molecule has 0 spiro atoms. The fourth-order valence-corrected chi connectivity index (χ4v) is 7.07. The molecule has 172 valence electrons. The Bertz CT molecular complexity index is 517. The molecule has 1 aliphatic heterocycles. The van der Waals surface area contributed by atoms with Crippen LogP contribution in [-0.2, 0) is 9.47 Å². The van der Waals surface area contributed by atoms with Crippen LogP contribution in [0.15, 0.2) is 12.2 Å². The Kier molecular flexibility index (Phi) is 8.63. The summed E-state index contributed by atoms with van der Waals surface area (Å²) in [5.41, 5.74) is 0. The highest BCUT2D eigenvalue weighted by atomic mass is 19.3. The van der Waals surface area contributed by atoms with E-state index in [0.717, 1.165) is 68.5 Å². The Hall–Kier alpha value is -0.480. The minimum absolute atomic E-state index is 0.0637. The van der Waals surface area contributed by atoms with Crippen LogP contribution in [0.1, 0.15) is 96.3 Å². The van der Waals surface area contributed by atoms with Crippen molar-refractivity contribution in [1.82, 2.24) is 0 Å². The van der Waals surface area contributed by atoms with Crippen LogP contribution >= 0.6 is 0 Å². The fraction of sp³-hybridized carbons (Fsp3) is 0.923. The third kappa shape index (κ3) is 6.51. The number of ether oxygens (including phenoxy) is 2. The van der Waals surface area contributed by atoms with Crippen LogP contribution in [0, 0.1) is 35.5 Å². The van der Waals surface area contributed by atoms with Gasteiger partial charge in [0.2, 0.25) is 0 Å². The summed E-state index contributed by atoms with van der Waals surface area (Å²) in [6, 6.07) is 0.